The average Bonchev–Trinajstić information content (AvgIpc) is 3.18. The second-order valence-corrected chi connectivity index (χ2v) is 6.98. The molecule has 0 unspecified atom stereocenters. The molecule has 0 bridgehead atoms. The van der Waals surface area contributed by atoms with E-state index in [4.69, 9.17) is 9.15 Å². The third-order valence-corrected chi connectivity index (χ3v) is 5.26. The zero-order valence-electron chi connectivity index (χ0n) is 12.0. The third-order valence-electron chi connectivity index (χ3n) is 3.10. The van der Waals surface area contributed by atoms with Crippen molar-refractivity contribution in [3.63, 3.8) is 0 Å². The van der Waals surface area contributed by atoms with E-state index in [0.29, 0.717) is 11.5 Å². The monoisotopic (exact) mass is 333 g/mol. The Balaban J connectivity index is 1.67. The lowest BCUT2D eigenvalue weighted by atomic mass is 10.2. The Morgan fingerprint density at radius 2 is 2.09 bits per heavy atom. The molecule has 0 aliphatic carbocycles. The normalized spacial score (nSPS) is 12.2. The fourth-order valence-corrected chi connectivity index (χ4v) is 4.15. The second kappa shape index (κ2) is 6.89. The van der Waals surface area contributed by atoms with Crippen molar-refractivity contribution in [1.29, 1.82) is 0 Å². The van der Waals surface area contributed by atoms with Crippen LogP contribution in [0.1, 0.15) is 11.3 Å². The number of para-hydroxylation sites is 1. The maximum absolute atomic E-state index is 12.3. The van der Waals surface area contributed by atoms with Crippen LogP contribution < -0.4 is 4.74 Å². The lowest BCUT2D eigenvalue weighted by Gasteiger charge is -2.07. The van der Waals surface area contributed by atoms with Gasteiger partial charge in [-0.1, -0.05) is 18.2 Å². The van der Waals surface area contributed by atoms with Gasteiger partial charge in [0, 0.05) is 21.7 Å². The van der Waals surface area contributed by atoms with Crippen LogP contribution in [0.25, 0.3) is 10.8 Å². The topological polar surface area (TPSA) is 52.3 Å². The predicted octanol–water partition coefficient (Wildman–Crippen LogP) is 3.86. The standard InChI is InChI=1S/C16H15NO3S2/c1-19-14-6-3-2-5-12(14)10-22(18)11-13-9-21-16(17-13)15-7-4-8-20-15/h2-9H,10-11H2,1H3/t22-/m0/s1. The van der Waals surface area contributed by atoms with E-state index in [1.54, 1.807) is 13.4 Å². The maximum atomic E-state index is 12.3. The minimum Gasteiger partial charge on any atom is -0.496 e. The van der Waals surface area contributed by atoms with Gasteiger partial charge in [0.05, 0.1) is 30.6 Å². The van der Waals surface area contributed by atoms with Crippen LogP contribution in [0.4, 0.5) is 0 Å². The molecule has 0 amide bonds. The molecule has 3 rings (SSSR count). The first-order valence-corrected chi connectivity index (χ1v) is 9.08. The highest BCUT2D eigenvalue weighted by molar-refractivity contribution is 7.83. The number of thiazole rings is 1. The molecular formula is C16H15NO3S2. The minimum absolute atomic E-state index is 0.426. The molecule has 2 heterocycles. The second-order valence-electron chi connectivity index (χ2n) is 4.66. The van der Waals surface area contributed by atoms with E-state index in [1.165, 1.54) is 11.3 Å². The number of benzene rings is 1. The highest BCUT2D eigenvalue weighted by Gasteiger charge is 2.12. The number of hydrogen-bond acceptors (Lipinski definition) is 5. The quantitative estimate of drug-likeness (QED) is 0.687. The Morgan fingerprint density at radius 3 is 2.86 bits per heavy atom. The molecule has 0 N–H and O–H groups in total. The molecule has 0 saturated heterocycles. The summed E-state index contributed by atoms with van der Waals surface area (Å²) in [6, 6.07) is 11.3. The highest BCUT2D eigenvalue weighted by Crippen LogP contribution is 2.25. The summed E-state index contributed by atoms with van der Waals surface area (Å²) < 4.78 is 23.0. The third kappa shape index (κ3) is 3.45. The lowest BCUT2D eigenvalue weighted by Crippen LogP contribution is -2.01. The zero-order chi connectivity index (χ0) is 15.4. The minimum atomic E-state index is -1.03. The van der Waals surface area contributed by atoms with Gasteiger partial charge in [0.2, 0.25) is 0 Å². The van der Waals surface area contributed by atoms with E-state index in [1.807, 2.05) is 41.8 Å². The van der Waals surface area contributed by atoms with Gasteiger partial charge in [0.15, 0.2) is 10.8 Å². The van der Waals surface area contributed by atoms with Crippen LogP contribution in [0, 0.1) is 0 Å². The van der Waals surface area contributed by atoms with Crippen LogP contribution in [0.15, 0.2) is 52.5 Å². The van der Waals surface area contributed by atoms with E-state index in [9.17, 15) is 4.21 Å². The van der Waals surface area contributed by atoms with Crippen molar-refractivity contribution in [2.24, 2.45) is 0 Å². The predicted molar refractivity (Wildman–Crippen MR) is 88.4 cm³/mol. The van der Waals surface area contributed by atoms with E-state index >= 15 is 0 Å². The van der Waals surface area contributed by atoms with Gasteiger partial charge in [-0.05, 0) is 18.2 Å². The van der Waals surface area contributed by atoms with Crippen LogP contribution in [-0.4, -0.2) is 16.3 Å². The van der Waals surface area contributed by atoms with Crippen LogP contribution in [-0.2, 0) is 22.3 Å². The molecule has 1 aromatic carbocycles. The van der Waals surface area contributed by atoms with Gasteiger partial charge in [-0.15, -0.1) is 11.3 Å². The SMILES string of the molecule is COc1ccccc1C[S@](=O)Cc1csc(-c2ccco2)n1. The first-order valence-electron chi connectivity index (χ1n) is 6.71. The summed E-state index contributed by atoms with van der Waals surface area (Å²) in [6.45, 7) is 0. The molecule has 0 fully saturated rings. The molecule has 1 atom stereocenters. The molecule has 0 radical (unpaired) electrons. The van der Waals surface area contributed by atoms with Gasteiger partial charge in [-0.2, -0.15) is 0 Å². The molecule has 0 aliphatic heterocycles. The van der Waals surface area contributed by atoms with Crippen molar-refractivity contribution in [2.75, 3.05) is 7.11 Å². The van der Waals surface area contributed by atoms with Crippen LogP contribution >= 0.6 is 11.3 Å². The van der Waals surface area contributed by atoms with E-state index in [0.717, 1.165) is 27.8 Å². The zero-order valence-corrected chi connectivity index (χ0v) is 13.7. The molecule has 0 saturated carbocycles. The molecule has 114 valence electrons. The average molecular weight is 333 g/mol. The molecule has 2 aromatic heterocycles. The van der Waals surface area contributed by atoms with Crippen LogP contribution in [0.2, 0.25) is 0 Å². The molecular weight excluding hydrogens is 318 g/mol. The van der Waals surface area contributed by atoms with Gasteiger partial charge < -0.3 is 9.15 Å². The summed E-state index contributed by atoms with van der Waals surface area (Å²) in [5.41, 5.74) is 1.77. The van der Waals surface area contributed by atoms with Crippen LogP contribution in [0.5, 0.6) is 5.75 Å². The fraction of sp³-hybridized carbons (Fsp3) is 0.188. The van der Waals surface area contributed by atoms with Crippen LogP contribution in [0.3, 0.4) is 0 Å². The number of furan rings is 1. The number of hydrogen-bond donors (Lipinski definition) is 0. The van der Waals surface area contributed by atoms with Crippen molar-refractivity contribution in [3.8, 4) is 16.5 Å². The van der Waals surface area contributed by atoms with Gasteiger partial charge in [0.25, 0.3) is 0 Å². The highest BCUT2D eigenvalue weighted by atomic mass is 32.2. The van der Waals surface area contributed by atoms with Crippen molar-refractivity contribution < 1.29 is 13.4 Å². The van der Waals surface area contributed by atoms with Crippen molar-refractivity contribution >= 4 is 22.1 Å². The largest absolute Gasteiger partial charge is 0.496 e. The lowest BCUT2D eigenvalue weighted by molar-refractivity contribution is 0.411. The number of ether oxygens (including phenoxy) is 1. The summed E-state index contributed by atoms with van der Waals surface area (Å²) in [5.74, 6) is 2.39. The molecule has 0 aliphatic rings. The van der Waals surface area contributed by atoms with Crippen molar-refractivity contribution in [1.82, 2.24) is 4.98 Å². The smallest absolute Gasteiger partial charge is 0.162 e. The van der Waals surface area contributed by atoms with Crippen molar-refractivity contribution in [2.45, 2.75) is 11.5 Å². The van der Waals surface area contributed by atoms with Gasteiger partial charge in [0.1, 0.15) is 5.75 Å². The molecule has 3 aromatic rings. The molecule has 22 heavy (non-hydrogen) atoms. The van der Waals surface area contributed by atoms with E-state index in [-0.39, 0.29) is 0 Å². The molecule has 0 spiro atoms. The van der Waals surface area contributed by atoms with Crippen molar-refractivity contribution in [3.05, 3.63) is 59.3 Å². The van der Waals surface area contributed by atoms with Gasteiger partial charge >= 0.3 is 0 Å². The van der Waals surface area contributed by atoms with E-state index in [2.05, 4.69) is 4.98 Å². The Kier molecular flexibility index (Phi) is 4.70. The van der Waals surface area contributed by atoms with Gasteiger partial charge in [-0.3, -0.25) is 4.21 Å². The summed E-state index contributed by atoms with van der Waals surface area (Å²) in [7, 11) is 0.589. The van der Waals surface area contributed by atoms with E-state index < -0.39 is 10.8 Å². The fourth-order valence-electron chi connectivity index (χ4n) is 2.10. The number of aromatic nitrogens is 1. The summed E-state index contributed by atoms with van der Waals surface area (Å²) in [4.78, 5) is 4.48. The Morgan fingerprint density at radius 1 is 1.23 bits per heavy atom. The molecule has 4 nitrogen and oxygen atoms in total. The first-order chi connectivity index (χ1) is 10.8. The molecule has 6 heteroatoms. The Hall–Kier alpha value is -1.92. The number of rotatable bonds is 6. The first kappa shape index (κ1) is 15.0. The maximum Gasteiger partial charge on any atom is 0.162 e. The Labute approximate surface area is 135 Å². The summed E-state index contributed by atoms with van der Waals surface area (Å²) >= 11 is 1.50. The Bertz CT molecular complexity index is 765. The van der Waals surface area contributed by atoms with Gasteiger partial charge in [-0.25, -0.2) is 4.98 Å². The summed E-state index contributed by atoms with van der Waals surface area (Å²) in [5, 5.41) is 2.74. The number of methoxy groups -OCH3 is 1. The summed E-state index contributed by atoms with van der Waals surface area (Å²) in [6.07, 6.45) is 1.62. The number of nitrogens with zero attached hydrogens (tertiary/aromatic N) is 1.